The average Bonchev–Trinajstić information content (AvgIpc) is 3.47. The van der Waals surface area contributed by atoms with Crippen LogP contribution in [0.1, 0.15) is 35.9 Å². The maximum atomic E-state index is 9.59. The summed E-state index contributed by atoms with van der Waals surface area (Å²) in [7, 11) is 0. The zero-order chi connectivity index (χ0) is 40.6. The summed E-state index contributed by atoms with van der Waals surface area (Å²) in [6.07, 6.45) is 0. The van der Waals surface area contributed by atoms with Crippen molar-refractivity contribution >= 4 is 27.8 Å². The maximum absolute atomic E-state index is 9.59. The normalized spacial score (nSPS) is 15.0. The standard InChI is InChI=1S/C49H37N/c1-49(2)47-21-9-8-19-45(47)46-31-30-42(33-48(46)49)50(40-26-22-35(23-27-40)34-12-4-3-5-13-34)41-28-24-36(25-29-41)38-16-10-17-39(32-38)44-20-11-15-37-14-6-7-18-43(37)44/h3-33H,1-2H3/i22D,23D,24D,25D,26D,27D,28D,29D. The third kappa shape index (κ3) is 5.11. The van der Waals surface area contributed by atoms with Gasteiger partial charge in [0.2, 0.25) is 0 Å². The Morgan fingerprint density at radius 3 is 1.74 bits per heavy atom. The Hall–Kier alpha value is -6.18. The van der Waals surface area contributed by atoms with Gasteiger partial charge in [-0.05, 0) is 109 Å². The topological polar surface area (TPSA) is 3.24 Å². The number of fused-ring (bicyclic) bond motifs is 4. The van der Waals surface area contributed by atoms with Crippen molar-refractivity contribution in [3.05, 3.63) is 199 Å². The van der Waals surface area contributed by atoms with Gasteiger partial charge < -0.3 is 4.90 Å². The molecular formula is C49H37N. The van der Waals surface area contributed by atoms with E-state index in [0.29, 0.717) is 16.8 Å². The van der Waals surface area contributed by atoms with Crippen molar-refractivity contribution in [1.29, 1.82) is 0 Å². The lowest BCUT2D eigenvalue weighted by Gasteiger charge is -2.28. The molecule has 8 aromatic rings. The molecule has 0 radical (unpaired) electrons. The monoisotopic (exact) mass is 647 g/mol. The first-order valence-electron chi connectivity index (χ1n) is 20.8. The van der Waals surface area contributed by atoms with Gasteiger partial charge in [0.15, 0.2) is 0 Å². The number of hydrogen-bond donors (Lipinski definition) is 0. The van der Waals surface area contributed by atoms with Gasteiger partial charge in [0.25, 0.3) is 0 Å². The molecule has 0 saturated heterocycles. The predicted molar refractivity (Wildman–Crippen MR) is 213 cm³/mol. The zero-order valence-electron chi connectivity index (χ0n) is 35.7. The molecule has 1 aliphatic carbocycles. The molecule has 0 spiro atoms. The lowest BCUT2D eigenvalue weighted by molar-refractivity contribution is 0.660. The van der Waals surface area contributed by atoms with Crippen molar-refractivity contribution in [3.63, 3.8) is 0 Å². The largest absolute Gasteiger partial charge is 0.310 e. The van der Waals surface area contributed by atoms with Crippen molar-refractivity contribution in [2.75, 3.05) is 4.90 Å². The highest BCUT2D eigenvalue weighted by Crippen LogP contribution is 2.50. The lowest BCUT2D eigenvalue weighted by atomic mass is 9.82. The summed E-state index contributed by atoms with van der Waals surface area (Å²) in [5, 5.41) is 2.12. The highest BCUT2D eigenvalue weighted by atomic mass is 15.1. The molecule has 0 fully saturated rings. The van der Waals surface area contributed by atoms with E-state index in [-0.39, 0.29) is 70.8 Å². The molecule has 0 aromatic heterocycles. The fourth-order valence-electron chi connectivity index (χ4n) is 7.25. The minimum absolute atomic E-state index is 0.116. The molecule has 0 amide bonds. The molecule has 50 heavy (non-hydrogen) atoms. The zero-order valence-corrected chi connectivity index (χ0v) is 27.7. The van der Waals surface area contributed by atoms with Crippen LogP contribution in [-0.4, -0.2) is 0 Å². The van der Waals surface area contributed by atoms with Crippen molar-refractivity contribution in [1.82, 2.24) is 0 Å². The van der Waals surface area contributed by atoms with Gasteiger partial charge in [0.05, 0.1) is 11.0 Å². The summed E-state index contributed by atoms with van der Waals surface area (Å²) in [5.41, 5.74) is 6.86. The number of nitrogens with zero attached hydrogens (tertiary/aromatic N) is 1. The van der Waals surface area contributed by atoms with Gasteiger partial charge in [-0.2, -0.15) is 0 Å². The van der Waals surface area contributed by atoms with Crippen molar-refractivity contribution in [3.8, 4) is 44.5 Å². The van der Waals surface area contributed by atoms with Crippen molar-refractivity contribution in [2.45, 2.75) is 19.3 Å². The molecule has 0 bridgehead atoms. The van der Waals surface area contributed by atoms with Crippen LogP contribution in [0.15, 0.2) is 188 Å². The summed E-state index contributed by atoms with van der Waals surface area (Å²) in [6, 6.07) is 41.6. The molecule has 0 heterocycles. The minimum Gasteiger partial charge on any atom is -0.310 e. The summed E-state index contributed by atoms with van der Waals surface area (Å²) in [6.45, 7) is 4.24. The summed E-state index contributed by atoms with van der Waals surface area (Å²) in [5.74, 6) is 0. The van der Waals surface area contributed by atoms with Crippen molar-refractivity contribution in [2.24, 2.45) is 0 Å². The van der Waals surface area contributed by atoms with E-state index in [0.717, 1.165) is 44.2 Å². The second-order valence-corrected chi connectivity index (χ2v) is 13.2. The third-order valence-electron chi connectivity index (χ3n) is 9.81. The van der Waals surface area contributed by atoms with Gasteiger partial charge in [0.1, 0.15) is 0 Å². The Bertz CT molecular complexity index is 2910. The van der Waals surface area contributed by atoms with E-state index in [1.807, 2.05) is 91.0 Å². The fourth-order valence-corrected chi connectivity index (χ4v) is 7.25. The second kappa shape index (κ2) is 12.1. The van der Waals surface area contributed by atoms with Gasteiger partial charge in [-0.15, -0.1) is 0 Å². The Labute approximate surface area is 306 Å². The van der Waals surface area contributed by atoms with Gasteiger partial charge in [0, 0.05) is 22.5 Å². The van der Waals surface area contributed by atoms with Crippen LogP contribution in [-0.2, 0) is 5.41 Å². The first-order valence-corrected chi connectivity index (χ1v) is 16.8. The van der Waals surface area contributed by atoms with Crippen LogP contribution in [0, 0.1) is 0 Å². The quantitative estimate of drug-likeness (QED) is 0.174. The van der Waals surface area contributed by atoms with E-state index in [1.165, 1.54) is 4.90 Å². The molecule has 238 valence electrons. The highest BCUT2D eigenvalue weighted by Gasteiger charge is 2.35. The SMILES string of the molecule is [2H]c1c([2H])c(N(c2ccc3c(c2)C(C)(C)c2ccccc2-3)c2c([2H])c([2H])c(-c3cccc(-c4cccc5ccccc45)c3)c([2H])c2[2H])c([2H])c([2H])c1-c1ccccc1. The molecule has 1 heteroatoms. The second-order valence-electron chi connectivity index (χ2n) is 13.2. The van der Waals surface area contributed by atoms with Crippen molar-refractivity contribution < 1.29 is 11.0 Å². The molecule has 9 rings (SSSR count). The molecule has 0 unspecified atom stereocenters. The molecule has 1 nitrogen and oxygen atoms in total. The summed E-state index contributed by atoms with van der Waals surface area (Å²) in [4.78, 5) is 1.39. The van der Waals surface area contributed by atoms with E-state index in [4.69, 9.17) is 0 Å². The van der Waals surface area contributed by atoms with E-state index >= 15 is 0 Å². The lowest BCUT2D eigenvalue weighted by Crippen LogP contribution is -2.16. The van der Waals surface area contributed by atoms with Crippen LogP contribution >= 0.6 is 0 Å². The van der Waals surface area contributed by atoms with E-state index in [2.05, 4.69) is 26.0 Å². The van der Waals surface area contributed by atoms with E-state index in [9.17, 15) is 11.0 Å². The van der Waals surface area contributed by atoms with Crippen LogP contribution in [0.25, 0.3) is 55.3 Å². The smallest absolute Gasteiger partial charge is 0.0645 e. The Morgan fingerprint density at radius 2 is 0.960 bits per heavy atom. The number of benzene rings is 8. The molecule has 8 aromatic carbocycles. The third-order valence-corrected chi connectivity index (χ3v) is 9.81. The number of anilines is 3. The van der Waals surface area contributed by atoms with E-state index in [1.54, 1.807) is 36.4 Å². The van der Waals surface area contributed by atoms with Gasteiger partial charge in [-0.1, -0.05) is 159 Å². The van der Waals surface area contributed by atoms with Gasteiger partial charge in [-0.3, -0.25) is 0 Å². The first-order chi connectivity index (χ1) is 27.9. The Balaban J connectivity index is 1.28. The highest BCUT2D eigenvalue weighted by molar-refractivity contribution is 5.97. The van der Waals surface area contributed by atoms with Gasteiger partial charge >= 0.3 is 0 Å². The average molecular weight is 648 g/mol. The van der Waals surface area contributed by atoms with Crippen LogP contribution in [0.5, 0.6) is 0 Å². The van der Waals surface area contributed by atoms with Crippen LogP contribution in [0.3, 0.4) is 0 Å². The van der Waals surface area contributed by atoms with Gasteiger partial charge in [-0.25, -0.2) is 0 Å². The van der Waals surface area contributed by atoms with E-state index < -0.39 is 5.41 Å². The first kappa shape index (κ1) is 22.5. The predicted octanol–water partition coefficient (Wildman–Crippen LogP) is 13.6. The van der Waals surface area contributed by atoms with Crippen LogP contribution in [0.2, 0.25) is 0 Å². The minimum atomic E-state index is -0.451. The Kier molecular flexibility index (Phi) is 5.41. The fraction of sp³-hybridized carbons (Fsp3) is 0.0612. The molecule has 0 N–H and O–H groups in total. The molecule has 0 aliphatic heterocycles. The summed E-state index contributed by atoms with van der Waals surface area (Å²) >= 11 is 0. The summed E-state index contributed by atoms with van der Waals surface area (Å²) < 4.78 is 75.4. The maximum Gasteiger partial charge on any atom is 0.0645 e. The number of rotatable bonds is 6. The van der Waals surface area contributed by atoms with Crippen LogP contribution in [0.4, 0.5) is 17.1 Å². The molecular weight excluding hydrogens is 603 g/mol. The molecule has 0 atom stereocenters. The Morgan fingerprint density at radius 1 is 0.400 bits per heavy atom. The molecule has 0 saturated carbocycles. The number of hydrogen-bond acceptors (Lipinski definition) is 1. The van der Waals surface area contributed by atoms with Crippen LogP contribution < -0.4 is 4.90 Å². The molecule has 1 aliphatic rings.